The minimum Gasteiger partial charge on any atom is -0.477 e. The third-order valence-corrected chi connectivity index (χ3v) is 2.18. The van der Waals surface area contributed by atoms with E-state index >= 15 is 0 Å². The minimum atomic E-state index is -1.13. The van der Waals surface area contributed by atoms with Crippen LogP contribution in [0.25, 0.3) is 11.3 Å². The lowest BCUT2D eigenvalue weighted by molar-refractivity contribution is 0.0690. The third-order valence-electron chi connectivity index (χ3n) is 2.18. The van der Waals surface area contributed by atoms with Crippen LogP contribution < -0.4 is 0 Å². The number of aromatic carboxylic acids is 1. The van der Waals surface area contributed by atoms with Crippen LogP contribution in [-0.2, 0) is 0 Å². The third kappa shape index (κ3) is 2.44. The topological polar surface area (TPSA) is 63.1 Å². The fraction of sp³-hybridized carbons (Fsp3) is 0.0833. The van der Waals surface area contributed by atoms with E-state index in [-0.39, 0.29) is 5.69 Å². The molecule has 0 unspecified atom stereocenters. The summed E-state index contributed by atoms with van der Waals surface area (Å²) in [5.74, 6) is -1.19. The lowest BCUT2D eigenvalue weighted by Gasteiger charge is -2.03. The molecule has 0 fully saturated rings. The van der Waals surface area contributed by atoms with Crippen molar-refractivity contribution >= 4 is 5.97 Å². The minimum absolute atomic E-state index is 0.100. The van der Waals surface area contributed by atoms with Crippen LogP contribution in [0.3, 0.4) is 0 Å². The summed E-state index contributed by atoms with van der Waals surface area (Å²) in [7, 11) is 0. The van der Waals surface area contributed by atoms with E-state index in [0.717, 1.165) is 0 Å². The number of aryl methyl sites for hydroxylation is 1. The maximum absolute atomic E-state index is 13.1. The Labute approximate surface area is 96.8 Å². The van der Waals surface area contributed by atoms with Gasteiger partial charge in [0.15, 0.2) is 5.69 Å². The molecule has 2 rings (SSSR count). The highest BCUT2D eigenvalue weighted by molar-refractivity contribution is 5.86. The van der Waals surface area contributed by atoms with Gasteiger partial charge in [-0.3, -0.25) is 0 Å². The normalized spacial score (nSPS) is 10.2. The summed E-state index contributed by atoms with van der Waals surface area (Å²) in [5.41, 5.74) is 0.823. The van der Waals surface area contributed by atoms with Gasteiger partial charge < -0.3 is 5.11 Å². The van der Waals surface area contributed by atoms with Crippen molar-refractivity contribution in [3.05, 3.63) is 47.7 Å². The zero-order valence-corrected chi connectivity index (χ0v) is 9.01. The van der Waals surface area contributed by atoms with E-state index in [0.29, 0.717) is 17.1 Å². The van der Waals surface area contributed by atoms with Crippen LogP contribution in [0.5, 0.6) is 0 Å². The zero-order valence-electron chi connectivity index (χ0n) is 9.01. The summed E-state index contributed by atoms with van der Waals surface area (Å²) in [4.78, 5) is 18.7. The second-order valence-electron chi connectivity index (χ2n) is 3.50. The van der Waals surface area contributed by atoms with Crippen molar-refractivity contribution in [3.8, 4) is 11.3 Å². The molecular formula is C12H9FN2O2. The van der Waals surface area contributed by atoms with Crippen molar-refractivity contribution in [1.82, 2.24) is 9.97 Å². The average Bonchev–Trinajstić information content (AvgIpc) is 2.28. The van der Waals surface area contributed by atoms with Gasteiger partial charge in [-0.1, -0.05) is 12.1 Å². The van der Waals surface area contributed by atoms with Crippen molar-refractivity contribution < 1.29 is 14.3 Å². The first-order valence-corrected chi connectivity index (χ1v) is 4.91. The van der Waals surface area contributed by atoms with Crippen LogP contribution in [0.15, 0.2) is 30.3 Å². The number of hydrogen-bond acceptors (Lipinski definition) is 3. The molecule has 0 spiro atoms. The van der Waals surface area contributed by atoms with Gasteiger partial charge in [0, 0.05) is 5.56 Å². The molecule has 2 aromatic rings. The fourth-order valence-electron chi connectivity index (χ4n) is 1.47. The molecule has 4 nitrogen and oxygen atoms in total. The molecule has 86 valence electrons. The number of carboxylic acids is 1. The molecule has 0 aliphatic carbocycles. The molecular weight excluding hydrogens is 223 g/mol. The quantitative estimate of drug-likeness (QED) is 0.862. The molecule has 0 radical (unpaired) electrons. The predicted octanol–water partition coefficient (Wildman–Crippen LogP) is 2.29. The van der Waals surface area contributed by atoms with Crippen LogP contribution in [0.4, 0.5) is 4.39 Å². The molecule has 0 saturated carbocycles. The molecule has 0 atom stereocenters. The van der Waals surface area contributed by atoms with E-state index in [2.05, 4.69) is 9.97 Å². The van der Waals surface area contributed by atoms with Crippen molar-refractivity contribution in [1.29, 1.82) is 0 Å². The Morgan fingerprint density at radius 2 is 2.06 bits per heavy atom. The molecule has 0 aliphatic rings. The summed E-state index contributed by atoms with van der Waals surface area (Å²) in [6.07, 6.45) is 0. The summed E-state index contributed by atoms with van der Waals surface area (Å²) in [6, 6.07) is 7.15. The lowest BCUT2D eigenvalue weighted by Crippen LogP contribution is -2.04. The van der Waals surface area contributed by atoms with Gasteiger partial charge in [-0.15, -0.1) is 0 Å². The summed E-state index contributed by atoms with van der Waals surface area (Å²) in [5, 5.41) is 8.87. The van der Waals surface area contributed by atoms with E-state index in [1.807, 2.05) is 0 Å². The fourth-order valence-corrected chi connectivity index (χ4v) is 1.47. The van der Waals surface area contributed by atoms with Crippen molar-refractivity contribution in [2.24, 2.45) is 0 Å². The van der Waals surface area contributed by atoms with Crippen LogP contribution >= 0.6 is 0 Å². The van der Waals surface area contributed by atoms with Crippen molar-refractivity contribution in [2.75, 3.05) is 0 Å². The Kier molecular flexibility index (Phi) is 2.82. The molecule has 1 N–H and O–H groups in total. The molecule has 1 heterocycles. The van der Waals surface area contributed by atoms with Crippen LogP contribution in [0.2, 0.25) is 0 Å². The van der Waals surface area contributed by atoms with Gasteiger partial charge in [-0.2, -0.15) is 0 Å². The van der Waals surface area contributed by atoms with Crippen LogP contribution in [0.1, 0.15) is 16.3 Å². The first kappa shape index (κ1) is 11.2. The molecule has 17 heavy (non-hydrogen) atoms. The summed E-state index contributed by atoms with van der Waals surface area (Å²) in [6.45, 7) is 1.59. The summed E-state index contributed by atoms with van der Waals surface area (Å²) < 4.78 is 13.1. The molecule has 0 saturated heterocycles. The SMILES string of the molecule is Cc1nc(C(=O)O)cc(-c2cccc(F)c2)n1. The van der Waals surface area contributed by atoms with Gasteiger partial charge in [-0.25, -0.2) is 19.2 Å². The molecule has 1 aromatic heterocycles. The number of halogens is 1. The number of carboxylic acid groups (broad SMARTS) is 1. The maximum atomic E-state index is 13.1. The van der Waals surface area contributed by atoms with Crippen LogP contribution in [-0.4, -0.2) is 21.0 Å². The van der Waals surface area contributed by atoms with E-state index in [4.69, 9.17) is 5.11 Å². The largest absolute Gasteiger partial charge is 0.477 e. The zero-order chi connectivity index (χ0) is 12.4. The van der Waals surface area contributed by atoms with E-state index in [1.54, 1.807) is 19.1 Å². The molecule has 0 aliphatic heterocycles. The Morgan fingerprint density at radius 1 is 1.29 bits per heavy atom. The number of rotatable bonds is 2. The standard InChI is InChI=1S/C12H9FN2O2/c1-7-14-10(6-11(15-7)12(16)17)8-3-2-4-9(13)5-8/h2-6H,1H3,(H,16,17). The van der Waals surface area contributed by atoms with Gasteiger partial charge in [0.1, 0.15) is 11.6 Å². The Hall–Kier alpha value is -2.30. The van der Waals surface area contributed by atoms with Gasteiger partial charge in [0.05, 0.1) is 5.69 Å². The van der Waals surface area contributed by atoms with E-state index < -0.39 is 11.8 Å². The number of carbonyl (C=O) groups is 1. The van der Waals surface area contributed by atoms with Gasteiger partial charge in [0.2, 0.25) is 0 Å². The maximum Gasteiger partial charge on any atom is 0.354 e. The molecule has 1 aromatic carbocycles. The Morgan fingerprint density at radius 3 is 2.71 bits per heavy atom. The smallest absolute Gasteiger partial charge is 0.354 e. The van der Waals surface area contributed by atoms with E-state index in [1.165, 1.54) is 18.2 Å². The highest BCUT2D eigenvalue weighted by atomic mass is 19.1. The number of hydrogen-bond donors (Lipinski definition) is 1. The highest BCUT2D eigenvalue weighted by Crippen LogP contribution is 2.18. The summed E-state index contributed by atoms with van der Waals surface area (Å²) >= 11 is 0. The Balaban J connectivity index is 2.56. The second kappa shape index (κ2) is 4.29. The number of nitrogens with zero attached hydrogens (tertiary/aromatic N) is 2. The van der Waals surface area contributed by atoms with Crippen LogP contribution in [0, 0.1) is 12.7 Å². The Bertz CT molecular complexity index is 584. The number of aromatic nitrogens is 2. The number of benzene rings is 1. The second-order valence-corrected chi connectivity index (χ2v) is 3.50. The molecule has 0 amide bonds. The van der Waals surface area contributed by atoms with Gasteiger partial charge >= 0.3 is 5.97 Å². The predicted molar refractivity (Wildman–Crippen MR) is 59.1 cm³/mol. The monoisotopic (exact) mass is 232 g/mol. The van der Waals surface area contributed by atoms with Gasteiger partial charge in [0.25, 0.3) is 0 Å². The van der Waals surface area contributed by atoms with E-state index in [9.17, 15) is 9.18 Å². The average molecular weight is 232 g/mol. The lowest BCUT2D eigenvalue weighted by atomic mass is 10.1. The first-order valence-electron chi connectivity index (χ1n) is 4.91. The highest BCUT2D eigenvalue weighted by Gasteiger charge is 2.10. The van der Waals surface area contributed by atoms with Crippen molar-refractivity contribution in [2.45, 2.75) is 6.92 Å². The van der Waals surface area contributed by atoms with Crippen molar-refractivity contribution in [3.63, 3.8) is 0 Å². The first-order chi connectivity index (χ1) is 8.06. The molecule has 0 bridgehead atoms. The van der Waals surface area contributed by atoms with Gasteiger partial charge in [-0.05, 0) is 25.1 Å². The molecule has 5 heteroatoms.